The number of anilines is 1. The number of ether oxygens (including phenoxy) is 1. The fraction of sp³-hybridized carbons (Fsp3) is 0.364. The molecule has 0 heterocycles. The second-order valence-electron chi connectivity index (χ2n) is 7.16. The number of hydrogen-bond donors (Lipinski definition) is 1. The number of carbonyl (C=O) groups excluding carboxylic acids is 2. The molecule has 0 aliphatic heterocycles. The maximum atomic E-state index is 13.4. The van der Waals surface area contributed by atoms with Gasteiger partial charge < -0.3 is 15.0 Å². The highest BCUT2D eigenvalue weighted by Crippen LogP contribution is 2.28. The zero-order valence-corrected chi connectivity index (χ0v) is 20.9. The zero-order valence-electron chi connectivity index (χ0n) is 18.5. The number of nitrogens with one attached hydrogen (secondary N) is 1. The molecule has 0 aliphatic rings. The first kappa shape index (κ1) is 25.7. The Labute approximate surface area is 197 Å². The van der Waals surface area contributed by atoms with Crippen molar-refractivity contribution < 1.29 is 22.7 Å². The van der Waals surface area contributed by atoms with Crippen molar-refractivity contribution >= 4 is 43.5 Å². The third-order valence-corrected chi connectivity index (χ3v) is 6.63. The van der Waals surface area contributed by atoms with E-state index in [1.165, 1.54) is 4.90 Å². The Morgan fingerprint density at radius 1 is 1.12 bits per heavy atom. The van der Waals surface area contributed by atoms with E-state index < -0.39 is 28.5 Å². The number of para-hydroxylation sites is 1. The van der Waals surface area contributed by atoms with Crippen LogP contribution >= 0.6 is 15.9 Å². The van der Waals surface area contributed by atoms with Gasteiger partial charge in [-0.25, -0.2) is 8.42 Å². The highest BCUT2D eigenvalue weighted by molar-refractivity contribution is 9.10. The number of halogens is 1. The molecular weight excluding hydrogens is 498 g/mol. The van der Waals surface area contributed by atoms with Crippen molar-refractivity contribution in [2.24, 2.45) is 0 Å². The molecule has 8 nitrogen and oxygen atoms in total. The first-order chi connectivity index (χ1) is 15.1. The molecule has 0 bridgehead atoms. The summed E-state index contributed by atoms with van der Waals surface area (Å²) in [6, 6.07) is 13.1. The van der Waals surface area contributed by atoms with Crippen molar-refractivity contribution in [2.45, 2.75) is 26.4 Å². The molecule has 2 aromatic carbocycles. The maximum absolute atomic E-state index is 13.4. The van der Waals surface area contributed by atoms with Crippen molar-refractivity contribution in [2.75, 3.05) is 30.8 Å². The highest BCUT2D eigenvalue weighted by atomic mass is 79.9. The van der Waals surface area contributed by atoms with Gasteiger partial charge in [-0.1, -0.05) is 24.3 Å². The van der Waals surface area contributed by atoms with Crippen molar-refractivity contribution in [3.05, 3.63) is 58.6 Å². The summed E-state index contributed by atoms with van der Waals surface area (Å²) in [6.45, 7) is 3.52. The SMILES string of the molecule is CCNC(=O)[C@H](C)N(Cc1ccc(OC)cc1)C(=O)CN(c1ccccc1Br)S(C)(=O)=O. The molecule has 0 aromatic heterocycles. The number of likely N-dealkylation sites (N-methyl/N-ethyl adjacent to an activating group) is 1. The van der Waals surface area contributed by atoms with Crippen LogP contribution in [-0.2, 0) is 26.2 Å². The Morgan fingerprint density at radius 2 is 1.75 bits per heavy atom. The number of benzene rings is 2. The second-order valence-corrected chi connectivity index (χ2v) is 9.92. The van der Waals surface area contributed by atoms with E-state index in [9.17, 15) is 18.0 Å². The standard InChI is InChI=1S/C22H28BrN3O5S/c1-5-24-22(28)16(2)25(14-17-10-12-18(31-3)13-11-17)21(27)15-26(32(4,29)30)20-9-7-6-8-19(20)23/h6-13,16H,5,14-15H2,1-4H3,(H,24,28)/t16-/m0/s1. The number of rotatable bonds is 10. The number of carbonyl (C=O) groups is 2. The van der Waals surface area contributed by atoms with E-state index in [0.717, 1.165) is 16.1 Å². The van der Waals surface area contributed by atoms with Gasteiger partial charge in [0.05, 0.1) is 19.1 Å². The minimum atomic E-state index is -3.77. The van der Waals surface area contributed by atoms with Gasteiger partial charge >= 0.3 is 0 Å². The third kappa shape index (κ3) is 6.70. The predicted octanol–water partition coefficient (Wildman–Crippen LogP) is 2.78. The monoisotopic (exact) mass is 525 g/mol. The minimum absolute atomic E-state index is 0.134. The summed E-state index contributed by atoms with van der Waals surface area (Å²) < 4.78 is 31.8. The summed E-state index contributed by atoms with van der Waals surface area (Å²) in [6.07, 6.45) is 1.04. The van der Waals surface area contributed by atoms with E-state index in [-0.39, 0.29) is 12.5 Å². The van der Waals surface area contributed by atoms with E-state index in [1.807, 2.05) is 0 Å². The minimum Gasteiger partial charge on any atom is -0.497 e. The van der Waals surface area contributed by atoms with Crippen LogP contribution in [0.15, 0.2) is 53.0 Å². The molecule has 0 saturated carbocycles. The van der Waals surface area contributed by atoms with Crippen LogP contribution in [0.25, 0.3) is 0 Å². The summed E-state index contributed by atoms with van der Waals surface area (Å²) in [5.74, 6) is -0.150. The van der Waals surface area contributed by atoms with Crippen LogP contribution in [0.2, 0.25) is 0 Å². The normalized spacial score (nSPS) is 12.0. The first-order valence-electron chi connectivity index (χ1n) is 10.0. The van der Waals surface area contributed by atoms with Crippen LogP contribution in [0.5, 0.6) is 5.75 Å². The molecule has 2 rings (SSSR count). The average molecular weight is 526 g/mol. The molecule has 0 fully saturated rings. The number of amides is 2. The molecule has 1 N–H and O–H groups in total. The highest BCUT2D eigenvalue weighted by Gasteiger charge is 2.30. The lowest BCUT2D eigenvalue weighted by molar-refractivity contribution is -0.139. The van der Waals surface area contributed by atoms with Crippen LogP contribution in [0.3, 0.4) is 0 Å². The lowest BCUT2D eigenvalue weighted by Gasteiger charge is -2.31. The summed E-state index contributed by atoms with van der Waals surface area (Å²) in [5, 5.41) is 2.72. The lowest BCUT2D eigenvalue weighted by Crippen LogP contribution is -2.51. The molecule has 0 unspecified atom stereocenters. The lowest BCUT2D eigenvalue weighted by atomic mass is 10.1. The van der Waals surface area contributed by atoms with Crippen molar-refractivity contribution in [1.82, 2.24) is 10.2 Å². The number of hydrogen-bond acceptors (Lipinski definition) is 5. The molecule has 0 radical (unpaired) electrons. The summed E-state index contributed by atoms with van der Waals surface area (Å²) in [7, 11) is -2.21. The Morgan fingerprint density at radius 3 is 2.28 bits per heavy atom. The third-order valence-electron chi connectivity index (χ3n) is 4.83. The van der Waals surface area contributed by atoms with Crippen molar-refractivity contribution in [3.63, 3.8) is 0 Å². The Kier molecular flexibility index (Phi) is 9.09. The molecular formula is C22H28BrN3O5S. The molecule has 0 aliphatic carbocycles. The quantitative estimate of drug-likeness (QED) is 0.514. The van der Waals surface area contributed by atoms with E-state index in [1.54, 1.807) is 69.5 Å². The summed E-state index contributed by atoms with van der Waals surface area (Å²) in [5.41, 5.74) is 1.13. The molecule has 1 atom stereocenters. The topological polar surface area (TPSA) is 96.0 Å². The van der Waals surface area contributed by atoms with Crippen LogP contribution in [0.1, 0.15) is 19.4 Å². The van der Waals surface area contributed by atoms with Gasteiger partial charge in [-0.3, -0.25) is 13.9 Å². The molecule has 0 saturated heterocycles. The summed E-state index contributed by atoms with van der Waals surface area (Å²) in [4.78, 5) is 27.3. The first-order valence-corrected chi connectivity index (χ1v) is 12.6. The van der Waals surface area contributed by atoms with Crippen LogP contribution in [0, 0.1) is 0 Å². The van der Waals surface area contributed by atoms with Gasteiger partial charge in [-0.15, -0.1) is 0 Å². The fourth-order valence-corrected chi connectivity index (χ4v) is 4.56. The fourth-order valence-electron chi connectivity index (χ4n) is 3.08. The number of nitrogens with zero attached hydrogens (tertiary/aromatic N) is 2. The Bertz CT molecular complexity index is 1040. The van der Waals surface area contributed by atoms with Gasteiger partial charge in [0.2, 0.25) is 21.8 Å². The predicted molar refractivity (Wildman–Crippen MR) is 128 cm³/mol. The zero-order chi connectivity index (χ0) is 23.9. The van der Waals surface area contributed by atoms with E-state index >= 15 is 0 Å². The molecule has 2 amide bonds. The van der Waals surface area contributed by atoms with Gasteiger partial charge in [0.15, 0.2) is 0 Å². The Balaban J connectivity index is 2.38. The Hall–Kier alpha value is -2.59. The van der Waals surface area contributed by atoms with Gasteiger partial charge in [-0.05, 0) is 59.6 Å². The summed E-state index contributed by atoms with van der Waals surface area (Å²) >= 11 is 3.35. The van der Waals surface area contributed by atoms with Crippen LogP contribution in [-0.4, -0.2) is 57.6 Å². The van der Waals surface area contributed by atoms with E-state index in [2.05, 4.69) is 21.2 Å². The van der Waals surface area contributed by atoms with E-state index in [4.69, 9.17) is 4.74 Å². The van der Waals surface area contributed by atoms with Gasteiger partial charge in [0.25, 0.3) is 0 Å². The van der Waals surface area contributed by atoms with Crippen molar-refractivity contribution in [1.29, 1.82) is 0 Å². The van der Waals surface area contributed by atoms with Crippen LogP contribution in [0.4, 0.5) is 5.69 Å². The molecule has 2 aromatic rings. The van der Waals surface area contributed by atoms with Crippen LogP contribution < -0.4 is 14.4 Å². The van der Waals surface area contributed by atoms with Crippen molar-refractivity contribution in [3.8, 4) is 5.75 Å². The van der Waals surface area contributed by atoms with E-state index in [0.29, 0.717) is 22.5 Å². The largest absolute Gasteiger partial charge is 0.497 e. The average Bonchev–Trinajstić information content (AvgIpc) is 2.75. The number of sulfonamides is 1. The molecule has 174 valence electrons. The van der Waals surface area contributed by atoms with Gasteiger partial charge in [0.1, 0.15) is 18.3 Å². The second kappa shape index (κ2) is 11.3. The molecule has 10 heteroatoms. The van der Waals surface area contributed by atoms with Gasteiger partial charge in [0, 0.05) is 17.6 Å². The maximum Gasteiger partial charge on any atom is 0.244 e. The van der Waals surface area contributed by atoms with Gasteiger partial charge in [-0.2, -0.15) is 0 Å². The number of methoxy groups -OCH3 is 1. The molecule has 32 heavy (non-hydrogen) atoms. The molecule has 0 spiro atoms. The smallest absolute Gasteiger partial charge is 0.244 e.